The fraction of sp³-hybridized carbons (Fsp3) is 0.533. The second kappa shape index (κ2) is 5.32. The van der Waals surface area contributed by atoms with Crippen molar-refractivity contribution in [2.75, 3.05) is 37.6 Å². The first-order valence-electron chi connectivity index (χ1n) is 7.33. The second-order valence-electron chi connectivity index (χ2n) is 5.83. The van der Waals surface area contributed by atoms with E-state index in [1.807, 2.05) is 4.90 Å². The van der Waals surface area contributed by atoms with E-state index in [0.717, 1.165) is 19.5 Å². The predicted molar refractivity (Wildman–Crippen MR) is 80.4 cm³/mol. The van der Waals surface area contributed by atoms with E-state index in [1.165, 1.54) is 25.9 Å². The molecule has 1 aromatic rings. The SMILES string of the molecule is Nc1cc(N)cc(C(=O)N2CCC(N3CCCC3)C2)c1. The van der Waals surface area contributed by atoms with Gasteiger partial charge in [0.2, 0.25) is 0 Å². The lowest BCUT2D eigenvalue weighted by molar-refractivity contribution is 0.0780. The van der Waals surface area contributed by atoms with E-state index >= 15 is 0 Å². The monoisotopic (exact) mass is 274 g/mol. The molecule has 0 spiro atoms. The Morgan fingerprint density at radius 1 is 1.05 bits per heavy atom. The smallest absolute Gasteiger partial charge is 0.254 e. The quantitative estimate of drug-likeness (QED) is 0.794. The molecule has 2 aliphatic rings. The summed E-state index contributed by atoms with van der Waals surface area (Å²) in [6, 6.07) is 5.62. The first-order valence-corrected chi connectivity index (χ1v) is 7.33. The molecule has 5 heteroatoms. The van der Waals surface area contributed by atoms with Crippen LogP contribution in [0.1, 0.15) is 29.6 Å². The van der Waals surface area contributed by atoms with Crippen molar-refractivity contribution in [1.82, 2.24) is 9.80 Å². The summed E-state index contributed by atoms with van der Waals surface area (Å²) in [4.78, 5) is 17.0. The van der Waals surface area contributed by atoms with E-state index in [0.29, 0.717) is 23.0 Å². The molecule has 2 heterocycles. The van der Waals surface area contributed by atoms with Crippen LogP contribution in [0.2, 0.25) is 0 Å². The van der Waals surface area contributed by atoms with Crippen molar-refractivity contribution < 1.29 is 4.79 Å². The summed E-state index contributed by atoms with van der Waals surface area (Å²) >= 11 is 0. The molecule has 1 amide bonds. The first-order chi connectivity index (χ1) is 9.63. The molecule has 1 aromatic carbocycles. The molecule has 0 radical (unpaired) electrons. The number of hydrogen-bond acceptors (Lipinski definition) is 4. The molecule has 2 aliphatic heterocycles. The van der Waals surface area contributed by atoms with Crippen molar-refractivity contribution in [2.45, 2.75) is 25.3 Å². The minimum Gasteiger partial charge on any atom is -0.399 e. The Balaban J connectivity index is 1.68. The molecule has 1 atom stereocenters. The molecule has 0 saturated carbocycles. The van der Waals surface area contributed by atoms with Crippen LogP contribution in [0.25, 0.3) is 0 Å². The zero-order valence-electron chi connectivity index (χ0n) is 11.7. The Morgan fingerprint density at radius 3 is 2.35 bits per heavy atom. The highest BCUT2D eigenvalue weighted by Gasteiger charge is 2.31. The maximum atomic E-state index is 12.5. The van der Waals surface area contributed by atoms with Gasteiger partial charge in [-0.3, -0.25) is 9.69 Å². The Kier molecular flexibility index (Phi) is 3.53. The fourth-order valence-corrected chi connectivity index (χ4v) is 3.31. The van der Waals surface area contributed by atoms with Crippen molar-refractivity contribution in [3.05, 3.63) is 23.8 Å². The summed E-state index contributed by atoms with van der Waals surface area (Å²) in [6.45, 7) is 4.01. The highest BCUT2D eigenvalue weighted by Crippen LogP contribution is 2.23. The van der Waals surface area contributed by atoms with Gasteiger partial charge in [-0.05, 0) is 50.6 Å². The van der Waals surface area contributed by atoms with Gasteiger partial charge in [-0.15, -0.1) is 0 Å². The van der Waals surface area contributed by atoms with Crippen LogP contribution in [0, 0.1) is 0 Å². The van der Waals surface area contributed by atoms with E-state index in [2.05, 4.69) is 4.90 Å². The van der Waals surface area contributed by atoms with E-state index < -0.39 is 0 Å². The standard InChI is InChI=1S/C15H22N4O/c16-12-7-11(8-13(17)9-12)15(20)19-6-3-14(10-19)18-4-1-2-5-18/h7-9,14H,1-6,10,16-17H2. The molecule has 108 valence electrons. The molecular weight excluding hydrogens is 252 g/mol. The molecule has 5 nitrogen and oxygen atoms in total. The number of hydrogen-bond donors (Lipinski definition) is 2. The van der Waals surface area contributed by atoms with E-state index in [4.69, 9.17) is 11.5 Å². The van der Waals surface area contributed by atoms with Crippen LogP contribution < -0.4 is 11.5 Å². The Labute approximate surface area is 119 Å². The van der Waals surface area contributed by atoms with Crippen molar-refractivity contribution in [3.63, 3.8) is 0 Å². The van der Waals surface area contributed by atoms with Gasteiger partial charge in [-0.2, -0.15) is 0 Å². The number of anilines is 2. The number of nitrogens with zero attached hydrogens (tertiary/aromatic N) is 2. The number of nitrogens with two attached hydrogens (primary N) is 2. The molecule has 4 N–H and O–H groups in total. The second-order valence-corrected chi connectivity index (χ2v) is 5.83. The summed E-state index contributed by atoms with van der Waals surface area (Å²) < 4.78 is 0. The van der Waals surface area contributed by atoms with Gasteiger partial charge in [0, 0.05) is 36.1 Å². The van der Waals surface area contributed by atoms with Gasteiger partial charge in [0.15, 0.2) is 0 Å². The third-order valence-corrected chi connectivity index (χ3v) is 4.33. The zero-order chi connectivity index (χ0) is 14.1. The van der Waals surface area contributed by atoms with Gasteiger partial charge in [0.1, 0.15) is 0 Å². The van der Waals surface area contributed by atoms with Crippen LogP contribution in [0.5, 0.6) is 0 Å². The van der Waals surface area contributed by atoms with Crippen LogP contribution in [0.3, 0.4) is 0 Å². The Bertz CT molecular complexity index is 490. The van der Waals surface area contributed by atoms with E-state index in [1.54, 1.807) is 18.2 Å². The lowest BCUT2D eigenvalue weighted by Crippen LogP contribution is -2.37. The average Bonchev–Trinajstić information content (AvgIpc) is 3.07. The van der Waals surface area contributed by atoms with Crippen molar-refractivity contribution in [3.8, 4) is 0 Å². The minimum absolute atomic E-state index is 0.0469. The number of carbonyl (C=O) groups is 1. The Hall–Kier alpha value is -1.75. The molecule has 2 fully saturated rings. The topological polar surface area (TPSA) is 75.6 Å². The highest BCUT2D eigenvalue weighted by atomic mass is 16.2. The molecule has 0 aromatic heterocycles. The van der Waals surface area contributed by atoms with Crippen molar-refractivity contribution in [1.29, 1.82) is 0 Å². The molecule has 2 saturated heterocycles. The summed E-state index contributed by atoms with van der Waals surface area (Å²) in [7, 11) is 0. The summed E-state index contributed by atoms with van der Waals surface area (Å²) in [5, 5.41) is 0. The number of rotatable bonds is 2. The van der Waals surface area contributed by atoms with Gasteiger partial charge >= 0.3 is 0 Å². The van der Waals surface area contributed by atoms with Crippen LogP contribution in [-0.2, 0) is 0 Å². The third kappa shape index (κ3) is 2.58. The average molecular weight is 274 g/mol. The third-order valence-electron chi connectivity index (χ3n) is 4.33. The molecule has 3 rings (SSSR count). The fourth-order valence-electron chi connectivity index (χ4n) is 3.31. The zero-order valence-corrected chi connectivity index (χ0v) is 11.7. The molecule has 0 aliphatic carbocycles. The number of likely N-dealkylation sites (tertiary alicyclic amines) is 2. The van der Waals surface area contributed by atoms with Crippen LogP contribution in [-0.4, -0.2) is 47.9 Å². The lowest BCUT2D eigenvalue weighted by Gasteiger charge is -2.23. The number of nitrogen functional groups attached to an aromatic ring is 2. The maximum Gasteiger partial charge on any atom is 0.254 e. The van der Waals surface area contributed by atoms with Gasteiger partial charge in [-0.1, -0.05) is 0 Å². The molecule has 0 bridgehead atoms. The predicted octanol–water partition coefficient (Wildman–Crippen LogP) is 1.16. The number of benzene rings is 1. The summed E-state index contributed by atoms with van der Waals surface area (Å²) in [5.74, 6) is 0.0469. The van der Waals surface area contributed by atoms with Crippen molar-refractivity contribution >= 4 is 17.3 Å². The molecule has 20 heavy (non-hydrogen) atoms. The van der Waals surface area contributed by atoms with Crippen LogP contribution >= 0.6 is 0 Å². The van der Waals surface area contributed by atoms with Crippen LogP contribution in [0.15, 0.2) is 18.2 Å². The first kappa shape index (κ1) is 13.2. The van der Waals surface area contributed by atoms with Gasteiger partial charge in [0.05, 0.1) is 0 Å². The van der Waals surface area contributed by atoms with Crippen LogP contribution in [0.4, 0.5) is 11.4 Å². The summed E-state index contributed by atoms with van der Waals surface area (Å²) in [6.07, 6.45) is 3.65. The largest absolute Gasteiger partial charge is 0.399 e. The van der Waals surface area contributed by atoms with Gasteiger partial charge < -0.3 is 16.4 Å². The minimum atomic E-state index is 0.0469. The lowest BCUT2D eigenvalue weighted by atomic mass is 10.1. The summed E-state index contributed by atoms with van der Waals surface area (Å²) in [5.41, 5.74) is 13.2. The Morgan fingerprint density at radius 2 is 1.70 bits per heavy atom. The maximum absolute atomic E-state index is 12.5. The van der Waals surface area contributed by atoms with E-state index in [-0.39, 0.29) is 5.91 Å². The van der Waals surface area contributed by atoms with Gasteiger partial charge in [-0.25, -0.2) is 0 Å². The number of carbonyl (C=O) groups excluding carboxylic acids is 1. The molecular formula is C15H22N4O. The van der Waals surface area contributed by atoms with Gasteiger partial charge in [0.25, 0.3) is 5.91 Å². The van der Waals surface area contributed by atoms with E-state index in [9.17, 15) is 4.79 Å². The highest BCUT2D eigenvalue weighted by molar-refractivity contribution is 5.96. The number of amides is 1. The van der Waals surface area contributed by atoms with Crippen molar-refractivity contribution in [2.24, 2.45) is 0 Å². The molecule has 1 unspecified atom stereocenters. The normalized spacial score (nSPS) is 23.4.